The van der Waals surface area contributed by atoms with Gasteiger partial charge in [0.1, 0.15) is 11.9 Å². The van der Waals surface area contributed by atoms with Crippen molar-refractivity contribution in [2.45, 2.75) is 52.1 Å². The molecule has 1 aliphatic carbocycles. The number of aromatic amines is 1. The number of H-pyrrole nitrogens is 1. The van der Waals surface area contributed by atoms with Gasteiger partial charge in [-0.15, -0.1) is 0 Å². The molecule has 1 N–H and O–H groups in total. The van der Waals surface area contributed by atoms with Gasteiger partial charge in [0.2, 0.25) is 0 Å². The zero-order valence-corrected chi connectivity index (χ0v) is 11.0. The summed E-state index contributed by atoms with van der Waals surface area (Å²) in [4.78, 5) is 8.35. The molecule has 0 saturated carbocycles. The van der Waals surface area contributed by atoms with E-state index in [-0.39, 0.29) is 6.10 Å². The smallest absolute Gasteiger partial charge is 0.136 e. The van der Waals surface area contributed by atoms with Crippen molar-refractivity contribution in [3.05, 3.63) is 17.2 Å². The van der Waals surface area contributed by atoms with Crippen LogP contribution in [0.2, 0.25) is 0 Å². The number of hydrogen-bond donors (Lipinski definition) is 1. The number of imidazole rings is 1. The number of fused-ring (bicyclic) bond motifs is 1. The molecule has 3 nitrogen and oxygen atoms in total. The van der Waals surface area contributed by atoms with Crippen LogP contribution in [-0.2, 0) is 11.2 Å². The van der Waals surface area contributed by atoms with Crippen LogP contribution in [0, 0.1) is 11.8 Å². The largest absolute Gasteiger partial charge is 0.370 e. The SMILES string of the molecule is CC1Cc2[nH]c(C3OCCC3C)nc2C(C)C1. The van der Waals surface area contributed by atoms with Crippen molar-refractivity contribution in [3.63, 3.8) is 0 Å². The van der Waals surface area contributed by atoms with Crippen LogP contribution in [0.1, 0.15) is 62.8 Å². The van der Waals surface area contributed by atoms with E-state index in [1.54, 1.807) is 0 Å². The summed E-state index contributed by atoms with van der Waals surface area (Å²) < 4.78 is 5.80. The summed E-state index contributed by atoms with van der Waals surface area (Å²) in [6.07, 6.45) is 3.76. The average Bonchev–Trinajstić information content (AvgIpc) is 2.83. The molecule has 4 unspecified atom stereocenters. The van der Waals surface area contributed by atoms with Crippen molar-refractivity contribution in [2.75, 3.05) is 6.61 Å². The van der Waals surface area contributed by atoms with Gasteiger partial charge >= 0.3 is 0 Å². The molecule has 0 amide bonds. The van der Waals surface area contributed by atoms with E-state index in [2.05, 4.69) is 25.8 Å². The molecule has 0 bridgehead atoms. The molecule has 3 rings (SSSR count). The number of ether oxygens (including phenoxy) is 1. The Balaban J connectivity index is 1.91. The fourth-order valence-corrected chi connectivity index (χ4v) is 3.33. The molecule has 0 spiro atoms. The Morgan fingerprint density at radius 1 is 1.29 bits per heavy atom. The summed E-state index contributed by atoms with van der Waals surface area (Å²) >= 11 is 0. The highest BCUT2D eigenvalue weighted by atomic mass is 16.5. The van der Waals surface area contributed by atoms with Crippen LogP contribution in [0.15, 0.2) is 0 Å². The summed E-state index contributed by atoms with van der Waals surface area (Å²) in [7, 11) is 0. The van der Waals surface area contributed by atoms with Crippen LogP contribution >= 0.6 is 0 Å². The van der Waals surface area contributed by atoms with Gasteiger partial charge < -0.3 is 9.72 Å². The van der Waals surface area contributed by atoms with Crippen molar-refractivity contribution in [3.8, 4) is 0 Å². The second-order valence-corrected chi connectivity index (χ2v) is 5.99. The zero-order valence-electron chi connectivity index (χ0n) is 11.0. The Kier molecular flexibility index (Phi) is 2.74. The Labute approximate surface area is 103 Å². The van der Waals surface area contributed by atoms with Crippen LogP contribution in [0.4, 0.5) is 0 Å². The van der Waals surface area contributed by atoms with Gasteiger partial charge in [-0.3, -0.25) is 0 Å². The Hall–Kier alpha value is -0.830. The van der Waals surface area contributed by atoms with Crippen molar-refractivity contribution >= 4 is 0 Å². The van der Waals surface area contributed by atoms with E-state index in [9.17, 15) is 0 Å². The molecular weight excluding hydrogens is 212 g/mol. The minimum Gasteiger partial charge on any atom is -0.370 e. The number of aromatic nitrogens is 2. The molecule has 1 aromatic heterocycles. The van der Waals surface area contributed by atoms with Crippen molar-refractivity contribution in [1.29, 1.82) is 0 Å². The molecule has 2 heterocycles. The first-order chi connectivity index (χ1) is 8.15. The van der Waals surface area contributed by atoms with Gasteiger partial charge in [0, 0.05) is 18.2 Å². The van der Waals surface area contributed by atoms with Crippen molar-refractivity contribution < 1.29 is 4.74 Å². The lowest BCUT2D eigenvalue weighted by Crippen LogP contribution is -2.14. The van der Waals surface area contributed by atoms with E-state index in [0.717, 1.165) is 31.2 Å². The first-order valence-corrected chi connectivity index (χ1v) is 6.85. The van der Waals surface area contributed by atoms with Gasteiger partial charge in [0.25, 0.3) is 0 Å². The third-order valence-electron chi connectivity index (χ3n) is 4.26. The lowest BCUT2D eigenvalue weighted by Gasteiger charge is -2.22. The van der Waals surface area contributed by atoms with Gasteiger partial charge in [0.05, 0.1) is 5.69 Å². The molecule has 1 aliphatic heterocycles. The van der Waals surface area contributed by atoms with Crippen LogP contribution in [-0.4, -0.2) is 16.6 Å². The molecule has 94 valence electrons. The second kappa shape index (κ2) is 4.13. The summed E-state index contributed by atoms with van der Waals surface area (Å²) in [6.45, 7) is 7.75. The predicted molar refractivity (Wildman–Crippen MR) is 67.0 cm³/mol. The Morgan fingerprint density at radius 3 is 2.82 bits per heavy atom. The highest BCUT2D eigenvalue weighted by molar-refractivity contribution is 5.23. The number of hydrogen-bond acceptors (Lipinski definition) is 2. The topological polar surface area (TPSA) is 37.9 Å². The maximum absolute atomic E-state index is 5.80. The van der Waals surface area contributed by atoms with Crippen LogP contribution in [0.3, 0.4) is 0 Å². The first kappa shape index (κ1) is 11.3. The summed E-state index contributed by atoms with van der Waals surface area (Å²) in [5.41, 5.74) is 2.65. The summed E-state index contributed by atoms with van der Waals surface area (Å²) in [6, 6.07) is 0. The van der Waals surface area contributed by atoms with Crippen molar-refractivity contribution in [1.82, 2.24) is 9.97 Å². The number of nitrogens with zero attached hydrogens (tertiary/aromatic N) is 1. The molecule has 1 fully saturated rings. The van der Waals surface area contributed by atoms with Gasteiger partial charge in [-0.2, -0.15) is 0 Å². The molecule has 17 heavy (non-hydrogen) atoms. The highest BCUT2D eigenvalue weighted by Gasteiger charge is 2.32. The fraction of sp³-hybridized carbons (Fsp3) is 0.786. The molecule has 1 saturated heterocycles. The third kappa shape index (κ3) is 1.90. The Morgan fingerprint density at radius 2 is 2.12 bits per heavy atom. The minimum absolute atomic E-state index is 0.197. The van der Waals surface area contributed by atoms with E-state index in [4.69, 9.17) is 9.72 Å². The monoisotopic (exact) mass is 234 g/mol. The van der Waals surface area contributed by atoms with Crippen molar-refractivity contribution in [2.24, 2.45) is 11.8 Å². The molecule has 4 atom stereocenters. The molecule has 2 aliphatic rings. The van der Waals surface area contributed by atoms with Gasteiger partial charge in [0.15, 0.2) is 0 Å². The van der Waals surface area contributed by atoms with Crippen LogP contribution in [0.25, 0.3) is 0 Å². The van der Waals surface area contributed by atoms with Crippen LogP contribution in [0.5, 0.6) is 0 Å². The van der Waals surface area contributed by atoms with E-state index in [1.807, 2.05) is 0 Å². The molecule has 0 aromatic carbocycles. The average molecular weight is 234 g/mol. The number of rotatable bonds is 1. The quantitative estimate of drug-likeness (QED) is 0.810. The first-order valence-electron chi connectivity index (χ1n) is 6.85. The molecule has 1 aromatic rings. The van der Waals surface area contributed by atoms with Crippen LogP contribution < -0.4 is 0 Å². The number of nitrogens with one attached hydrogen (secondary N) is 1. The highest BCUT2D eigenvalue weighted by Crippen LogP contribution is 2.37. The summed E-state index contributed by atoms with van der Waals surface area (Å²) in [5, 5.41) is 0. The fourth-order valence-electron chi connectivity index (χ4n) is 3.33. The lowest BCUT2D eigenvalue weighted by atomic mass is 9.84. The standard InChI is InChI=1S/C14H22N2O/c1-8-6-10(3)12-11(7-8)15-14(16-12)13-9(2)4-5-17-13/h8-10,13H,4-7H2,1-3H3,(H,15,16). The predicted octanol–water partition coefficient (Wildman–Crippen LogP) is 3.19. The van der Waals surface area contributed by atoms with Gasteiger partial charge in [-0.25, -0.2) is 4.98 Å². The maximum Gasteiger partial charge on any atom is 0.136 e. The van der Waals surface area contributed by atoms with E-state index in [0.29, 0.717) is 11.8 Å². The van der Waals surface area contributed by atoms with E-state index >= 15 is 0 Å². The van der Waals surface area contributed by atoms with E-state index in [1.165, 1.54) is 17.8 Å². The van der Waals surface area contributed by atoms with Gasteiger partial charge in [-0.1, -0.05) is 20.8 Å². The second-order valence-electron chi connectivity index (χ2n) is 5.99. The maximum atomic E-state index is 5.80. The molecule has 0 radical (unpaired) electrons. The molecular formula is C14H22N2O. The lowest BCUT2D eigenvalue weighted by molar-refractivity contribution is 0.0878. The molecule has 3 heteroatoms. The zero-order chi connectivity index (χ0) is 12.0. The third-order valence-corrected chi connectivity index (χ3v) is 4.26. The van der Waals surface area contributed by atoms with Gasteiger partial charge in [-0.05, 0) is 31.1 Å². The Bertz CT molecular complexity index is 412. The normalized spacial score (nSPS) is 37.1. The minimum atomic E-state index is 0.197. The summed E-state index contributed by atoms with van der Waals surface area (Å²) in [5.74, 6) is 3.03. The van der Waals surface area contributed by atoms with E-state index < -0.39 is 0 Å².